The van der Waals surface area contributed by atoms with Gasteiger partial charge in [0, 0.05) is 13.1 Å². The Labute approximate surface area is 116 Å². The van der Waals surface area contributed by atoms with Gasteiger partial charge < -0.3 is 10.0 Å². The number of thiophene rings is 1. The van der Waals surface area contributed by atoms with Crippen LogP contribution in [0.1, 0.15) is 36.5 Å². The molecule has 5 nitrogen and oxygen atoms in total. The number of aromatic carboxylic acids is 1. The molecule has 0 aliphatic carbocycles. The van der Waals surface area contributed by atoms with Gasteiger partial charge in [-0.1, -0.05) is 6.92 Å². The number of carboxylic acid groups (broad SMARTS) is 1. The molecule has 6 heteroatoms. The zero-order chi connectivity index (χ0) is 13.8. The van der Waals surface area contributed by atoms with Gasteiger partial charge in [0.25, 0.3) is 0 Å². The lowest BCUT2D eigenvalue weighted by Gasteiger charge is -2.20. The molecule has 104 valence electrons. The highest BCUT2D eigenvalue weighted by Crippen LogP contribution is 2.24. The number of nitrogens with one attached hydrogen (secondary N) is 1. The number of urea groups is 1. The maximum atomic E-state index is 12.1. The van der Waals surface area contributed by atoms with Gasteiger partial charge in [-0.3, -0.25) is 5.32 Å². The number of hydrogen-bond acceptors (Lipinski definition) is 3. The number of carbonyl (C=O) groups is 2. The Hall–Kier alpha value is -1.56. The number of anilines is 1. The second kappa shape index (κ2) is 6.06. The predicted molar refractivity (Wildman–Crippen MR) is 74.9 cm³/mol. The van der Waals surface area contributed by atoms with Crippen LogP contribution in [0.4, 0.5) is 9.80 Å². The van der Waals surface area contributed by atoms with Crippen molar-refractivity contribution in [2.45, 2.75) is 26.2 Å². The summed E-state index contributed by atoms with van der Waals surface area (Å²) in [5, 5.41) is 13.8. The zero-order valence-corrected chi connectivity index (χ0v) is 11.7. The monoisotopic (exact) mass is 282 g/mol. The first-order chi connectivity index (χ1) is 9.08. The van der Waals surface area contributed by atoms with Crippen molar-refractivity contribution in [3.8, 4) is 0 Å². The van der Waals surface area contributed by atoms with E-state index in [1.54, 1.807) is 10.3 Å². The second-order valence-electron chi connectivity index (χ2n) is 4.92. The Morgan fingerprint density at radius 3 is 2.95 bits per heavy atom. The van der Waals surface area contributed by atoms with Crippen LogP contribution in [0.2, 0.25) is 0 Å². The van der Waals surface area contributed by atoms with Crippen LogP contribution in [-0.4, -0.2) is 35.1 Å². The average molecular weight is 282 g/mol. The summed E-state index contributed by atoms with van der Waals surface area (Å²) < 4.78 is 0. The van der Waals surface area contributed by atoms with Gasteiger partial charge in [-0.2, -0.15) is 0 Å². The molecule has 1 aliphatic rings. The Bertz CT molecular complexity index is 472. The molecule has 1 aromatic heterocycles. The summed E-state index contributed by atoms with van der Waals surface area (Å²) in [6, 6.07) is 1.31. The van der Waals surface area contributed by atoms with Crippen molar-refractivity contribution in [2.24, 2.45) is 5.92 Å². The molecule has 0 spiro atoms. The maximum Gasteiger partial charge on any atom is 0.338 e. The third-order valence-electron chi connectivity index (χ3n) is 3.42. The predicted octanol–water partition coefficient (Wildman–Crippen LogP) is 3.10. The van der Waals surface area contributed by atoms with E-state index in [1.807, 2.05) is 0 Å². The summed E-state index contributed by atoms with van der Waals surface area (Å²) in [5.41, 5.74) is 0.154. The van der Waals surface area contributed by atoms with Crippen molar-refractivity contribution in [3.05, 3.63) is 17.0 Å². The van der Waals surface area contributed by atoms with Crippen LogP contribution in [0, 0.1) is 5.92 Å². The Balaban J connectivity index is 2.00. The molecule has 2 rings (SSSR count). The lowest BCUT2D eigenvalue weighted by atomic mass is 10.0. The molecule has 0 radical (unpaired) electrons. The lowest BCUT2D eigenvalue weighted by Crippen LogP contribution is -2.35. The molecule has 1 aliphatic heterocycles. The minimum Gasteiger partial charge on any atom is -0.478 e. The van der Waals surface area contributed by atoms with Crippen LogP contribution in [0.3, 0.4) is 0 Å². The van der Waals surface area contributed by atoms with E-state index in [9.17, 15) is 9.59 Å². The van der Waals surface area contributed by atoms with Crippen LogP contribution < -0.4 is 5.32 Å². The minimum atomic E-state index is -1.01. The number of hydrogen-bond donors (Lipinski definition) is 2. The highest BCUT2D eigenvalue weighted by atomic mass is 32.1. The molecule has 1 unspecified atom stereocenters. The molecule has 2 amide bonds. The minimum absolute atomic E-state index is 0.154. The van der Waals surface area contributed by atoms with E-state index < -0.39 is 5.97 Å². The molecule has 1 saturated heterocycles. The lowest BCUT2D eigenvalue weighted by molar-refractivity contribution is 0.0698. The summed E-state index contributed by atoms with van der Waals surface area (Å²) in [6.07, 6.45) is 3.15. The Kier molecular flexibility index (Phi) is 4.42. The SMILES string of the molecule is CC1CCCN(C(=O)Nc2sccc2C(=O)O)CC1. The van der Waals surface area contributed by atoms with E-state index in [2.05, 4.69) is 12.2 Å². The van der Waals surface area contributed by atoms with E-state index >= 15 is 0 Å². The first-order valence-corrected chi connectivity index (χ1v) is 7.32. The van der Waals surface area contributed by atoms with Crippen molar-refractivity contribution in [1.29, 1.82) is 0 Å². The van der Waals surface area contributed by atoms with Crippen LogP contribution in [-0.2, 0) is 0 Å². The average Bonchev–Trinajstić information content (AvgIpc) is 2.70. The molecular formula is C13H18N2O3S. The second-order valence-corrected chi connectivity index (χ2v) is 5.84. The third-order valence-corrected chi connectivity index (χ3v) is 4.25. The van der Waals surface area contributed by atoms with Gasteiger partial charge in [0.1, 0.15) is 5.00 Å². The molecule has 2 heterocycles. The van der Waals surface area contributed by atoms with Gasteiger partial charge in [-0.15, -0.1) is 11.3 Å². The number of nitrogens with zero attached hydrogens (tertiary/aromatic N) is 1. The van der Waals surface area contributed by atoms with E-state index in [4.69, 9.17) is 5.11 Å². The van der Waals surface area contributed by atoms with E-state index in [-0.39, 0.29) is 11.6 Å². The molecule has 19 heavy (non-hydrogen) atoms. The normalized spacial score (nSPS) is 19.8. The number of carboxylic acids is 1. The highest BCUT2D eigenvalue weighted by Gasteiger charge is 2.20. The summed E-state index contributed by atoms with van der Waals surface area (Å²) in [6.45, 7) is 3.67. The van der Waals surface area contributed by atoms with Gasteiger partial charge in [-0.05, 0) is 36.6 Å². The van der Waals surface area contributed by atoms with Crippen LogP contribution in [0.15, 0.2) is 11.4 Å². The summed E-state index contributed by atoms with van der Waals surface area (Å²) >= 11 is 1.24. The van der Waals surface area contributed by atoms with E-state index in [0.29, 0.717) is 10.9 Å². The molecule has 0 aromatic carbocycles. The molecule has 2 N–H and O–H groups in total. The number of amides is 2. The van der Waals surface area contributed by atoms with Gasteiger partial charge >= 0.3 is 12.0 Å². The quantitative estimate of drug-likeness (QED) is 0.875. The number of carbonyl (C=O) groups excluding carboxylic acids is 1. The zero-order valence-electron chi connectivity index (χ0n) is 10.9. The summed E-state index contributed by atoms with van der Waals surface area (Å²) in [5.74, 6) is -0.366. The maximum absolute atomic E-state index is 12.1. The third kappa shape index (κ3) is 3.47. The van der Waals surface area contributed by atoms with Crippen molar-refractivity contribution in [2.75, 3.05) is 18.4 Å². The number of likely N-dealkylation sites (tertiary alicyclic amines) is 1. The van der Waals surface area contributed by atoms with Gasteiger partial charge in [0.15, 0.2) is 0 Å². The van der Waals surface area contributed by atoms with E-state index in [1.165, 1.54) is 17.4 Å². The standard InChI is InChI=1S/C13H18N2O3S/c1-9-3-2-6-15(7-4-9)13(18)14-11-10(12(16)17)5-8-19-11/h5,8-9H,2-4,6-7H2,1H3,(H,14,18)(H,16,17). The first kappa shape index (κ1) is 13.9. The summed E-state index contributed by atoms with van der Waals surface area (Å²) in [7, 11) is 0. The van der Waals surface area contributed by atoms with Crippen molar-refractivity contribution in [3.63, 3.8) is 0 Å². The Morgan fingerprint density at radius 2 is 2.21 bits per heavy atom. The molecule has 0 bridgehead atoms. The highest BCUT2D eigenvalue weighted by molar-refractivity contribution is 7.14. The number of rotatable bonds is 2. The van der Waals surface area contributed by atoms with E-state index in [0.717, 1.165) is 32.4 Å². The van der Waals surface area contributed by atoms with Crippen molar-refractivity contribution in [1.82, 2.24) is 4.90 Å². The fraction of sp³-hybridized carbons (Fsp3) is 0.538. The Morgan fingerprint density at radius 1 is 1.42 bits per heavy atom. The molecule has 1 atom stereocenters. The smallest absolute Gasteiger partial charge is 0.338 e. The molecular weight excluding hydrogens is 264 g/mol. The fourth-order valence-electron chi connectivity index (χ4n) is 2.22. The van der Waals surface area contributed by atoms with Crippen molar-refractivity contribution >= 4 is 28.3 Å². The first-order valence-electron chi connectivity index (χ1n) is 6.44. The summed E-state index contributed by atoms with van der Waals surface area (Å²) in [4.78, 5) is 24.9. The molecule has 1 aromatic rings. The van der Waals surface area contributed by atoms with Crippen molar-refractivity contribution < 1.29 is 14.7 Å². The topological polar surface area (TPSA) is 69.6 Å². The van der Waals surface area contributed by atoms with Gasteiger partial charge in [-0.25, -0.2) is 9.59 Å². The van der Waals surface area contributed by atoms with Crippen LogP contribution in [0.5, 0.6) is 0 Å². The fourth-order valence-corrected chi connectivity index (χ4v) is 2.99. The molecule has 1 fully saturated rings. The van der Waals surface area contributed by atoms with Gasteiger partial charge in [0.05, 0.1) is 5.56 Å². The largest absolute Gasteiger partial charge is 0.478 e. The van der Waals surface area contributed by atoms with Gasteiger partial charge in [0.2, 0.25) is 0 Å². The van der Waals surface area contributed by atoms with Crippen LogP contribution in [0.25, 0.3) is 0 Å². The van der Waals surface area contributed by atoms with Crippen LogP contribution >= 0.6 is 11.3 Å². The molecule has 0 saturated carbocycles.